The average molecular weight is 425 g/mol. The number of hydrogen-bond donors (Lipinski definition) is 0. The Kier molecular flexibility index (Phi) is 4.63. The van der Waals surface area contributed by atoms with Crippen molar-refractivity contribution >= 4 is 21.2 Å². The molecule has 0 spiro atoms. The topological polar surface area (TPSA) is 39.1 Å². The molecule has 0 saturated heterocycles. The molecule has 0 amide bonds. The van der Waals surface area contributed by atoms with Crippen LogP contribution in [0.3, 0.4) is 0 Å². The summed E-state index contributed by atoms with van der Waals surface area (Å²) >= 11 is 0.886. The molecule has 11 heteroatoms. The minimum Gasteiger partial charge on any atom is -0.307 e. The zero-order chi connectivity index (χ0) is 20.0. The molecule has 0 saturated carbocycles. The van der Waals surface area contributed by atoms with E-state index in [0.717, 1.165) is 28.2 Å². The van der Waals surface area contributed by atoms with Crippen molar-refractivity contribution in [3.8, 4) is 5.69 Å². The van der Waals surface area contributed by atoms with Crippen LogP contribution >= 0.6 is 11.3 Å². The lowest BCUT2D eigenvalue weighted by molar-refractivity contribution is -0.143. The normalized spacial score (nSPS) is 13.1. The fraction of sp³-hybridized carbons (Fsp3) is 0.125. The minimum absolute atomic E-state index is 0.0134. The predicted molar refractivity (Wildman–Crippen MR) is 85.5 cm³/mol. The van der Waals surface area contributed by atoms with Gasteiger partial charge in [-0.2, -0.15) is 26.3 Å². The van der Waals surface area contributed by atoms with E-state index < -0.39 is 44.0 Å². The first-order valence-corrected chi connectivity index (χ1v) is 9.53. The first-order valence-electron chi connectivity index (χ1n) is 7.16. The van der Waals surface area contributed by atoms with E-state index >= 15 is 0 Å². The molecular weight excluding hydrogens is 416 g/mol. The Hall–Kier alpha value is -2.27. The first kappa shape index (κ1) is 19.5. The van der Waals surface area contributed by atoms with Gasteiger partial charge in [0.05, 0.1) is 11.1 Å². The summed E-state index contributed by atoms with van der Waals surface area (Å²) in [4.78, 5) is 0. The van der Waals surface area contributed by atoms with Crippen molar-refractivity contribution in [3.63, 3.8) is 0 Å². The Morgan fingerprint density at radius 2 is 1.44 bits per heavy atom. The summed E-state index contributed by atoms with van der Waals surface area (Å²) in [7, 11) is -4.11. The van der Waals surface area contributed by atoms with Gasteiger partial charge >= 0.3 is 12.4 Å². The highest BCUT2D eigenvalue weighted by Crippen LogP contribution is 2.38. The fourth-order valence-corrected chi connectivity index (χ4v) is 4.92. The molecule has 0 bridgehead atoms. The Balaban J connectivity index is 2.23. The summed E-state index contributed by atoms with van der Waals surface area (Å²) in [6, 6.07) is 6.05. The Morgan fingerprint density at radius 3 is 1.93 bits per heavy atom. The summed E-state index contributed by atoms with van der Waals surface area (Å²) in [5.41, 5.74) is -3.61. The lowest BCUT2D eigenvalue weighted by Gasteiger charge is -2.16. The summed E-state index contributed by atoms with van der Waals surface area (Å²) in [6.07, 6.45) is -8.97. The summed E-state index contributed by atoms with van der Waals surface area (Å²) in [6.45, 7) is 0. The van der Waals surface area contributed by atoms with Crippen LogP contribution in [0, 0.1) is 0 Å². The number of alkyl halides is 6. The van der Waals surface area contributed by atoms with Crippen LogP contribution in [0.25, 0.3) is 5.69 Å². The molecular formula is C16H9F6NO2S2. The lowest BCUT2D eigenvalue weighted by Crippen LogP contribution is -2.13. The molecule has 0 aliphatic carbocycles. The number of aromatic nitrogens is 1. The SMILES string of the molecule is O=S(=O)(c1cccs1)c1cccn1-c1cc(C(F)(F)F)cc(C(F)(F)F)c1. The zero-order valence-corrected chi connectivity index (χ0v) is 14.7. The van der Waals surface area contributed by atoms with Crippen LogP contribution in [-0.2, 0) is 22.2 Å². The Labute approximate surface area is 153 Å². The number of nitrogens with zero attached hydrogens (tertiary/aromatic N) is 1. The smallest absolute Gasteiger partial charge is 0.307 e. The molecule has 144 valence electrons. The van der Waals surface area contributed by atoms with Gasteiger partial charge in [-0.15, -0.1) is 11.3 Å². The highest BCUT2D eigenvalue weighted by molar-refractivity contribution is 7.93. The maximum atomic E-state index is 13.0. The third-order valence-corrected chi connectivity index (χ3v) is 6.76. The summed E-state index contributed by atoms with van der Waals surface area (Å²) < 4.78 is 104. The molecule has 1 aromatic carbocycles. The Morgan fingerprint density at radius 1 is 0.852 bits per heavy atom. The van der Waals surface area contributed by atoms with E-state index in [-0.39, 0.29) is 10.3 Å². The lowest BCUT2D eigenvalue weighted by atomic mass is 10.1. The van der Waals surface area contributed by atoms with Crippen LogP contribution in [0.15, 0.2) is 63.3 Å². The maximum absolute atomic E-state index is 13.0. The van der Waals surface area contributed by atoms with Crippen molar-refractivity contribution < 1.29 is 34.8 Å². The van der Waals surface area contributed by atoms with E-state index in [1.165, 1.54) is 23.6 Å². The van der Waals surface area contributed by atoms with Crippen LogP contribution in [0.2, 0.25) is 0 Å². The van der Waals surface area contributed by atoms with Crippen molar-refractivity contribution in [2.24, 2.45) is 0 Å². The predicted octanol–water partition coefficient (Wildman–Crippen LogP) is 5.41. The van der Waals surface area contributed by atoms with E-state index in [9.17, 15) is 34.8 Å². The van der Waals surface area contributed by atoms with Crippen molar-refractivity contribution in [1.29, 1.82) is 0 Å². The van der Waals surface area contributed by atoms with Crippen LogP contribution in [0.5, 0.6) is 0 Å². The van der Waals surface area contributed by atoms with Crippen LogP contribution < -0.4 is 0 Å². The molecule has 0 radical (unpaired) electrons. The average Bonchev–Trinajstić information content (AvgIpc) is 3.24. The Bertz CT molecular complexity index is 1030. The number of hydrogen-bond acceptors (Lipinski definition) is 3. The number of sulfone groups is 1. The van der Waals surface area contributed by atoms with Crippen molar-refractivity contribution in [2.75, 3.05) is 0 Å². The third-order valence-electron chi connectivity index (χ3n) is 3.60. The molecule has 0 fully saturated rings. The maximum Gasteiger partial charge on any atom is 0.416 e. The van der Waals surface area contributed by atoms with E-state index in [2.05, 4.69) is 0 Å². The van der Waals surface area contributed by atoms with Crippen LogP contribution in [0.4, 0.5) is 26.3 Å². The van der Waals surface area contributed by atoms with Gasteiger partial charge in [0.25, 0.3) is 0 Å². The second kappa shape index (κ2) is 6.41. The van der Waals surface area contributed by atoms with Gasteiger partial charge in [-0.1, -0.05) is 6.07 Å². The number of benzene rings is 1. The van der Waals surface area contributed by atoms with Crippen LogP contribution in [-0.4, -0.2) is 13.0 Å². The van der Waals surface area contributed by atoms with Gasteiger partial charge in [0.1, 0.15) is 9.24 Å². The molecule has 2 aromatic heterocycles. The summed E-state index contributed by atoms with van der Waals surface area (Å²) in [5.74, 6) is 0. The number of rotatable bonds is 3. The largest absolute Gasteiger partial charge is 0.416 e. The molecule has 0 atom stereocenters. The fourth-order valence-electron chi connectivity index (χ4n) is 2.39. The van der Waals surface area contributed by atoms with E-state index in [4.69, 9.17) is 0 Å². The van der Waals surface area contributed by atoms with Crippen molar-refractivity contribution in [2.45, 2.75) is 21.6 Å². The van der Waals surface area contributed by atoms with Gasteiger partial charge in [0.2, 0.25) is 9.84 Å². The van der Waals surface area contributed by atoms with Crippen molar-refractivity contribution in [1.82, 2.24) is 4.57 Å². The molecule has 0 N–H and O–H groups in total. The second-order valence-corrected chi connectivity index (χ2v) is 8.49. The van der Waals surface area contributed by atoms with E-state index in [1.807, 2.05) is 0 Å². The molecule has 0 aliphatic rings. The number of thiophene rings is 1. The monoisotopic (exact) mass is 425 g/mol. The quantitative estimate of drug-likeness (QED) is 0.527. The van der Waals surface area contributed by atoms with Crippen molar-refractivity contribution in [3.05, 3.63) is 65.2 Å². The summed E-state index contributed by atoms with van der Waals surface area (Å²) in [5, 5.41) is 1.06. The van der Waals surface area contributed by atoms with Gasteiger partial charge in [-0.25, -0.2) is 8.42 Å². The second-order valence-electron chi connectivity index (χ2n) is 5.42. The molecule has 27 heavy (non-hydrogen) atoms. The number of halogens is 6. The van der Waals surface area contributed by atoms with Crippen LogP contribution in [0.1, 0.15) is 11.1 Å². The van der Waals surface area contributed by atoms with Gasteiger partial charge in [-0.05, 0) is 41.8 Å². The minimum atomic E-state index is -5.03. The zero-order valence-electron chi connectivity index (χ0n) is 13.0. The molecule has 0 unspecified atom stereocenters. The molecule has 3 aromatic rings. The van der Waals surface area contributed by atoms with Gasteiger partial charge in [-0.3, -0.25) is 0 Å². The molecule has 0 aliphatic heterocycles. The van der Waals surface area contributed by atoms with Gasteiger partial charge < -0.3 is 4.57 Å². The third kappa shape index (κ3) is 3.74. The van der Waals surface area contributed by atoms with Gasteiger partial charge in [0.15, 0.2) is 0 Å². The highest BCUT2D eigenvalue weighted by atomic mass is 32.2. The highest BCUT2D eigenvalue weighted by Gasteiger charge is 2.37. The molecule has 2 heterocycles. The van der Waals surface area contributed by atoms with E-state index in [1.54, 1.807) is 0 Å². The van der Waals surface area contributed by atoms with Gasteiger partial charge in [0, 0.05) is 11.9 Å². The first-order chi connectivity index (χ1) is 12.4. The molecule has 3 rings (SSSR count). The standard InChI is InChI=1S/C16H9F6NO2S2/c17-15(18,19)10-7-11(16(20,21)22)9-12(8-10)23-5-1-3-13(23)27(24,25)14-4-2-6-26-14/h1-9H. The molecule has 3 nitrogen and oxygen atoms in total. The van der Waals surface area contributed by atoms with E-state index in [0.29, 0.717) is 12.1 Å².